The molecule has 1 aromatic heterocycles. The Morgan fingerprint density at radius 1 is 0.871 bits per heavy atom. The van der Waals surface area contributed by atoms with E-state index in [1.165, 1.54) is 40.8 Å². The fraction of sp³-hybridized carbons (Fsp3) is 0.250. The van der Waals surface area contributed by atoms with Gasteiger partial charge in [-0.3, -0.25) is 4.57 Å². The van der Waals surface area contributed by atoms with E-state index in [1.54, 1.807) is 24.3 Å². The molecule has 0 fully saturated rings. The molecular weight excluding hydrogens is 436 g/mol. The van der Waals surface area contributed by atoms with Crippen LogP contribution in [0.25, 0.3) is 22.4 Å². The van der Waals surface area contributed by atoms with E-state index in [9.17, 15) is 9.46 Å². The number of methoxy groups -OCH3 is 4. The fourth-order valence-electron chi connectivity index (χ4n) is 2.96. The SMILES string of the molecule is COc1ccc(-c2nocc2-c2cc(OC)c(OC)c(OC)c2)cc1OP(C)(=O)[O-].[Na+]. The molecule has 0 saturated heterocycles. The first-order chi connectivity index (χ1) is 14.3. The van der Waals surface area contributed by atoms with Crippen molar-refractivity contribution in [1.82, 2.24) is 5.16 Å². The van der Waals surface area contributed by atoms with Crippen LogP contribution < -0.4 is 57.9 Å². The van der Waals surface area contributed by atoms with Crippen LogP contribution in [0.4, 0.5) is 0 Å². The molecule has 31 heavy (non-hydrogen) atoms. The second kappa shape index (κ2) is 10.4. The van der Waals surface area contributed by atoms with Crippen molar-refractivity contribution in [2.45, 2.75) is 0 Å². The van der Waals surface area contributed by atoms with Gasteiger partial charge in [0.1, 0.15) is 12.0 Å². The Morgan fingerprint density at radius 3 is 1.97 bits per heavy atom. The molecule has 3 aromatic rings. The minimum Gasteiger partial charge on any atom is -0.769 e. The first-order valence-electron chi connectivity index (χ1n) is 8.72. The molecule has 2 aromatic carbocycles. The molecule has 0 aliphatic carbocycles. The molecule has 11 heteroatoms. The largest absolute Gasteiger partial charge is 1.00 e. The molecule has 0 N–H and O–H groups in total. The summed E-state index contributed by atoms with van der Waals surface area (Å²) in [6, 6.07) is 8.35. The molecular formula is C20H21NNaO8P. The monoisotopic (exact) mass is 457 g/mol. The third kappa shape index (κ3) is 5.56. The van der Waals surface area contributed by atoms with Crippen LogP contribution in [0.1, 0.15) is 0 Å². The molecule has 0 aliphatic rings. The number of benzene rings is 2. The molecule has 0 aliphatic heterocycles. The van der Waals surface area contributed by atoms with Crippen LogP contribution in [-0.4, -0.2) is 40.3 Å². The maximum absolute atomic E-state index is 11.6. The summed E-state index contributed by atoms with van der Waals surface area (Å²) in [5, 5.41) is 4.08. The van der Waals surface area contributed by atoms with E-state index in [-0.39, 0.29) is 41.1 Å². The second-order valence-electron chi connectivity index (χ2n) is 6.22. The quantitative estimate of drug-likeness (QED) is 0.355. The molecule has 0 radical (unpaired) electrons. The average molecular weight is 457 g/mol. The zero-order chi connectivity index (χ0) is 21.9. The summed E-state index contributed by atoms with van der Waals surface area (Å²) in [7, 11) is 1.94. The normalized spacial score (nSPS) is 12.3. The third-order valence-electron chi connectivity index (χ3n) is 4.25. The Kier molecular flexibility index (Phi) is 8.45. The molecule has 3 rings (SSSR count). The maximum Gasteiger partial charge on any atom is 1.00 e. The van der Waals surface area contributed by atoms with Crippen LogP contribution in [0.3, 0.4) is 0 Å². The molecule has 0 saturated carbocycles. The predicted octanol–water partition coefficient (Wildman–Crippen LogP) is 0.609. The summed E-state index contributed by atoms with van der Waals surface area (Å²) in [5.41, 5.74) is 2.36. The van der Waals surface area contributed by atoms with Gasteiger partial charge in [0.15, 0.2) is 30.6 Å². The van der Waals surface area contributed by atoms with Gasteiger partial charge in [-0.25, -0.2) is 0 Å². The summed E-state index contributed by atoms with van der Waals surface area (Å²) in [6.07, 6.45) is 1.47. The second-order valence-corrected chi connectivity index (χ2v) is 7.94. The number of nitrogens with zero attached hydrogens (tertiary/aromatic N) is 1. The molecule has 0 spiro atoms. The number of rotatable bonds is 8. The van der Waals surface area contributed by atoms with Crippen LogP contribution in [-0.2, 0) is 4.57 Å². The van der Waals surface area contributed by atoms with Crippen molar-refractivity contribution in [1.29, 1.82) is 0 Å². The summed E-state index contributed by atoms with van der Waals surface area (Å²) < 4.78 is 43.3. The van der Waals surface area contributed by atoms with Crippen molar-refractivity contribution < 1.29 is 67.0 Å². The van der Waals surface area contributed by atoms with E-state index in [0.29, 0.717) is 39.6 Å². The molecule has 1 atom stereocenters. The number of aromatic nitrogens is 1. The van der Waals surface area contributed by atoms with Gasteiger partial charge >= 0.3 is 29.6 Å². The van der Waals surface area contributed by atoms with E-state index in [2.05, 4.69) is 5.16 Å². The Balaban J connectivity index is 0.00000341. The smallest absolute Gasteiger partial charge is 0.769 e. The van der Waals surface area contributed by atoms with Crippen LogP contribution in [0.2, 0.25) is 0 Å². The number of ether oxygens (including phenoxy) is 4. The maximum atomic E-state index is 11.6. The summed E-state index contributed by atoms with van der Waals surface area (Å²) in [4.78, 5) is 11.6. The van der Waals surface area contributed by atoms with Gasteiger partial charge in [0.2, 0.25) is 5.75 Å². The third-order valence-corrected chi connectivity index (χ3v) is 4.77. The topological polar surface area (TPSA) is 112 Å². The van der Waals surface area contributed by atoms with Gasteiger partial charge in [0.05, 0.1) is 28.4 Å². The van der Waals surface area contributed by atoms with Gasteiger partial charge < -0.3 is 32.9 Å². The van der Waals surface area contributed by atoms with Crippen molar-refractivity contribution in [2.75, 3.05) is 35.1 Å². The molecule has 1 unspecified atom stereocenters. The minimum atomic E-state index is -4.05. The fourth-order valence-corrected chi connectivity index (χ4v) is 3.46. The van der Waals surface area contributed by atoms with E-state index >= 15 is 0 Å². The van der Waals surface area contributed by atoms with E-state index in [1.807, 2.05) is 0 Å². The van der Waals surface area contributed by atoms with Crippen LogP contribution in [0.15, 0.2) is 41.1 Å². The van der Waals surface area contributed by atoms with Gasteiger partial charge in [-0.1, -0.05) is 5.16 Å². The van der Waals surface area contributed by atoms with Crippen LogP contribution in [0, 0.1) is 0 Å². The molecule has 9 nitrogen and oxygen atoms in total. The number of hydrogen-bond acceptors (Lipinski definition) is 9. The summed E-state index contributed by atoms with van der Waals surface area (Å²) in [6.45, 7) is 0.983. The van der Waals surface area contributed by atoms with Crippen LogP contribution >= 0.6 is 7.60 Å². The standard InChI is InChI=1S/C20H22NO8P.Na/c1-24-15-7-6-12(8-16(15)29-30(5,22)23)19-14(11-28-21-19)13-9-17(25-2)20(27-4)18(10-13)26-3;/h6-11H,1-5H3,(H,22,23);/q;+1/p-1. The molecule has 160 valence electrons. The van der Waals surface area contributed by atoms with Crippen molar-refractivity contribution >= 4 is 7.60 Å². The van der Waals surface area contributed by atoms with Gasteiger partial charge in [0, 0.05) is 17.8 Å². The summed E-state index contributed by atoms with van der Waals surface area (Å²) in [5.74, 6) is 1.72. The molecule has 1 heterocycles. The Morgan fingerprint density at radius 2 is 1.45 bits per heavy atom. The van der Waals surface area contributed by atoms with Gasteiger partial charge in [0.25, 0.3) is 0 Å². The first kappa shape index (κ1) is 25.1. The predicted molar refractivity (Wildman–Crippen MR) is 108 cm³/mol. The van der Waals surface area contributed by atoms with E-state index in [4.69, 9.17) is 28.0 Å². The van der Waals surface area contributed by atoms with E-state index < -0.39 is 7.60 Å². The van der Waals surface area contributed by atoms with E-state index in [0.717, 1.165) is 6.66 Å². The Bertz CT molecular complexity index is 1070. The van der Waals surface area contributed by atoms with Gasteiger partial charge in [-0.2, -0.15) is 0 Å². The summed E-state index contributed by atoms with van der Waals surface area (Å²) >= 11 is 0. The zero-order valence-corrected chi connectivity index (χ0v) is 21.0. The first-order valence-corrected chi connectivity index (χ1v) is 10.7. The minimum absolute atomic E-state index is 0. The number of hydrogen-bond donors (Lipinski definition) is 0. The average Bonchev–Trinajstić information content (AvgIpc) is 3.21. The zero-order valence-electron chi connectivity index (χ0n) is 18.1. The van der Waals surface area contributed by atoms with Crippen molar-refractivity contribution in [3.63, 3.8) is 0 Å². The Hall–Kier alpha value is -2.16. The van der Waals surface area contributed by atoms with Crippen molar-refractivity contribution in [3.05, 3.63) is 36.6 Å². The van der Waals surface area contributed by atoms with Crippen LogP contribution in [0.5, 0.6) is 28.7 Å². The van der Waals surface area contributed by atoms with Gasteiger partial charge in [-0.05, 0) is 35.9 Å². The van der Waals surface area contributed by atoms with Gasteiger partial charge in [-0.15, -0.1) is 0 Å². The van der Waals surface area contributed by atoms with Crippen molar-refractivity contribution in [2.24, 2.45) is 0 Å². The molecule has 0 bridgehead atoms. The molecule has 0 amide bonds. The van der Waals surface area contributed by atoms with Crippen molar-refractivity contribution in [3.8, 4) is 51.1 Å². The Labute approximate surface area is 202 Å².